The van der Waals surface area contributed by atoms with E-state index < -0.39 is 9.84 Å². The molecule has 0 spiro atoms. The van der Waals surface area contributed by atoms with E-state index in [4.69, 9.17) is 9.15 Å². The van der Waals surface area contributed by atoms with Crippen molar-refractivity contribution in [2.24, 2.45) is 0 Å². The first-order valence-electron chi connectivity index (χ1n) is 10.3. The Morgan fingerprint density at radius 1 is 0.788 bits per heavy atom. The molecule has 0 bridgehead atoms. The van der Waals surface area contributed by atoms with Crippen molar-refractivity contribution in [2.75, 3.05) is 13.4 Å². The standard InChI is InChI=1S/C27H20O5S/c1-31-21-12-9-18-15-20(8-7-19(18)16-21)25-26(28)23-5-3-4-6-24(23)32-27(25)17-10-13-22(14-11-17)33(2,29)30/h3-16H,1-2H3. The predicted octanol–water partition coefficient (Wildman–Crippen LogP) is 5.69. The van der Waals surface area contributed by atoms with E-state index in [1.807, 2.05) is 42.5 Å². The van der Waals surface area contributed by atoms with Gasteiger partial charge in [0.1, 0.15) is 17.1 Å². The van der Waals surface area contributed by atoms with Gasteiger partial charge in [-0.05, 0) is 70.9 Å². The van der Waals surface area contributed by atoms with Crippen molar-refractivity contribution in [3.8, 4) is 28.2 Å². The van der Waals surface area contributed by atoms with Gasteiger partial charge in [-0.25, -0.2) is 8.42 Å². The van der Waals surface area contributed by atoms with Crippen LogP contribution in [0.1, 0.15) is 0 Å². The minimum absolute atomic E-state index is 0.146. The zero-order chi connectivity index (χ0) is 23.2. The zero-order valence-electron chi connectivity index (χ0n) is 18.0. The van der Waals surface area contributed by atoms with Gasteiger partial charge in [0.25, 0.3) is 0 Å². The second-order valence-corrected chi connectivity index (χ2v) is 9.87. The highest BCUT2D eigenvalue weighted by atomic mass is 32.2. The van der Waals surface area contributed by atoms with Crippen LogP contribution in [0.2, 0.25) is 0 Å². The van der Waals surface area contributed by atoms with Crippen LogP contribution in [0.4, 0.5) is 0 Å². The topological polar surface area (TPSA) is 73.6 Å². The number of sulfone groups is 1. The predicted molar refractivity (Wildman–Crippen MR) is 131 cm³/mol. The maximum Gasteiger partial charge on any atom is 0.201 e. The van der Waals surface area contributed by atoms with Crippen LogP contribution in [0.5, 0.6) is 5.75 Å². The van der Waals surface area contributed by atoms with Crippen LogP contribution < -0.4 is 10.2 Å². The molecule has 0 aliphatic heterocycles. The summed E-state index contributed by atoms with van der Waals surface area (Å²) in [5.41, 5.74) is 2.09. The van der Waals surface area contributed by atoms with Gasteiger partial charge in [-0.2, -0.15) is 0 Å². The molecule has 164 valence electrons. The molecule has 6 heteroatoms. The third-order valence-electron chi connectivity index (χ3n) is 5.68. The Balaban J connectivity index is 1.78. The largest absolute Gasteiger partial charge is 0.497 e. The second kappa shape index (κ2) is 7.90. The SMILES string of the molecule is COc1ccc2cc(-c3c(-c4ccc(S(C)(=O)=O)cc4)oc4ccccc4c3=O)ccc2c1. The van der Waals surface area contributed by atoms with Gasteiger partial charge in [-0.1, -0.05) is 30.3 Å². The van der Waals surface area contributed by atoms with Crippen molar-refractivity contribution in [2.45, 2.75) is 4.90 Å². The molecular weight excluding hydrogens is 436 g/mol. The number of methoxy groups -OCH3 is 1. The average molecular weight is 457 g/mol. The second-order valence-electron chi connectivity index (χ2n) is 7.86. The number of fused-ring (bicyclic) bond motifs is 2. The molecule has 1 heterocycles. The highest BCUT2D eigenvalue weighted by molar-refractivity contribution is 7.90. The van der Waals surface area contributed by atoms with Crippen LogP contribution in [-0.2, 0) is 9.84 Å². The number of hydrogen-bond donors (Lipinski definition) is 0. The maximum absolute atomic E-state index is 13.6. The lowest BCUT2D eigenvalue weighted by molar-refractivity contribution is 0.415. The maximum atomic E-state index is 13.6. The Kier molecular flexibility index (Phi) is 5.02. The molecular formula is C27H20O5S. The molecule has 0 unspecified atom stereocenters. The summed E-state index contributed by atoms with van der Waals surface area (Å²) in [6.45, 7) is 0. The Hall–Kier alpha value is -3.90. The first-order valence-corrected chi connectivity index (χ1v) is 12.2. The van der Waals surface area contributed by atoms with Crippen molar-refractivity contribution in [3.05, 3.63) is 95.2 Å². The lowest BCUT2D eigenvalue weighted by Gasteiger charge is -2.12. The molecule has 0 aliphatic carbocycles. The third-order valence-corrected chi connectivity index (χ3v) is 6.81. The Morgan fingerprint density at radius 3 is 2.18 bits per heavy atom. The fourth-order valence-electron chi connectivity index (χ4n) is 3.97. The summed E-state index contributed by atoms with van der Waals surface area (Å²) >= 11 is 0. The average Bonchev–Trinajstić information content (AvgIpc) is 2.83. The summed E-state index contributed by atoms with van der Waals surface area (Å²) in [5.74, 6) is 1.15. The monoisotopic (exact) mass is 456 g/mol. The molecule has 0 fully saturated rings. The molecule has 33 heavy (non-hydrogen) atoms. The summed E-state index contributed by atoms with van der Waals surface area (Å²) < 4.78 is 35.3. The van der Waals surface area contributed by atoms with Crippen LogP contribution in [0, 0.1) is 0 Å². The lowest BCUT2D eigenvalue weighted by Crippen LogP contribution is -2.07. The fourth-order valence-corrected chi connectivity index (χ4v) is 4.60. The number of benzene rings is 4. The van der Waals surface area contributed by atoms with Crippen molar-refractivity contribution in [1.82, 2.24) is 0 Å². The summed E-state index contributed by atoms with van der Waals surface area (Å²) in [6.07, 6.45) is 1.16. The van der Waals surface area contributed by atoms with E-state index in [0.29, 0.717) is 33.4 Å². The number of hydrogen-bond acceptors (Lipinski definition) is 5. The Labute approximate surface area is 190 Å². The molecule has 0 aliphatic rings. The van der Waals surface area contributed by atoms with Crippen molar-refractivity contribution >= 4 is 31.6 Å². The van der Waals surface area contributed by atoms with Crippen molar-refractivity contribution in [1.29, 1.82) is 0 Å². The highest BCUT2D eigenvalue weighted by Gasteiger charge is 2.19. The molecule has 4 aromatic carbocycles. The first-order chi connectivity index (χ1) is 15.8. The van der Waals surface area contributed by atoms with Gasteiger partial charge in [0.15, 0.2) is 9.84 Å². The summed E-state index contributed by atoms with van der Waals surface area (Å²) in [5, 5.41) is 2.43. The number of rotatable bonds is 4. The molecule has 0 radical (unpaired) electrons. The normalized spacial score (nSPS) is 11.7. The van der Waals surface area contributed by atoms with E-state index in [1.165, 1.54) is 12.1 Å². The van der Waals surface area contributed by atoms with E-state index in [1.54, 1.807) is 37.4 Å². The van der Waals surface area contributed by atoms with E-state index >= 15 is 0 Å². The van der Waals surface area contributed by atoms with E-state index in [-0.39, 0.29) is 10.3 Å². The van der Waals surface area contributed by atoms with Crippen molar-refractivity contribution in [3.63, 3.8) is 0 Å². The van der Waals surface area contributed by atoms with E-state index in [0.717, 1.165) is 22.8 Å². The summed E-state index contributed by atoms with van der Waals surface area (Å²) in [6, 6.07) is 25.0. The minimum atomic E-state index is -3.34. The molecule has 0 amide bonds. The molecule has 5 nitrogen and oxygen atoms in total. The molecule has 0 atom stereocenters. The fraction of sp³-hybridized carbons (Fsp3) is 0.0741. The molecule has 0 N–H and O–H groups in total. The van der Waals surface area contributed by atoms with Gasteiger partial charge in [-0.15, -0.1) is 0 Å². The van der Waals surface area contributed by atoms with Crippen molar-refractivity contribution < 1.29 is 17.6 Å². The van der Waals surface area contributed by atoms with Crippen LogP contribution in [0.15, 0.2) is 99.0 Å². The van der Waals surface area contributed by atoms with Crippen LogP contribution in [0.25, 0.3) is 44.2 Å². The van der Waals surface area contributed by atoms with E-state index in [2.05, 4.69) is 0 Å². The number of para-hydroxylation sites is 1. The zero-order valence-corrected chi connectivity index (χ0v) is 18.8. The van der Waals surface area contributed by atoms with Gasteiger partial charge in [0.05, 0.1) is 23.0 Å². The van der Waals surface area contributed by atoms with Crippen LogP contribution >= 0.6 is 0 Å². The van der Waals surface area contributed by atoms with Gasteiger partial charge < -0.3 is 9.15 Å². The minimum Gasteiger partial charge on any atom is -0.497 e. The van der Waals surface area contributed by atoms with Gasteiger partial charge >= 0.3 is 0 Å². The highest BCUT2D eigenvalue weighted by Crippen LogP contribution is 2.35. The Morgan fingerprint density at radius 2 is 1.45 bits per heavy atom. The molecule has 0 saturated heterocycles. The molecule has 5 rings (SSSR count). The quantitative estimate of drug-likeness (QED) is 0.347. The van der Waals surface area contributed by atoms with Gasteiger partial charge in [0.2, 0.25) is 5.43 Å². The van der Waals surface area contributed by atoms with Gasteiger partial charge in [0, 0.05) is 11.8 Å². The third kappa shape index (κ3) is 3.79. The molecule has 5 aromatic rings. The van der Waals surface area contributed by atoms with E-state index in [9.17, 15) is 13.2 Å². The van der Waals surface area contributed by atoms with Crippen LogP contribution in [0.3, 0.4) is 0 Å². The smallest absolute Gasteiger partial charge is 0.201 e. The first kappa shape index (κ1) is 21.0. The summed E-state index contributed by atoms with van der Waals surface area (Å²) in [4.78, 5) is 13.8. The Bertz CT molecular complexity index is 1680. The molecule has 1 aromatic heterocycles. The van der Waals surface area contributed by atoms with Gasteiger partial charge in [-0.3, -0.25) is 4.79 Å². The molecule has 0 saturated carbocycles. The van der Waals surface area contributed by atoms with Crippen LogP contribution in [-0.4, -0.2) is 21.8 Å². The number of ether oxygens (including phenoxy) is 1. The lowest BCUT2D eigenvalue weighted by atomic mass is 9.96. The summed E-state index contributed by atoms with van der Waals surface area (Å²) in [7, 11) is -1.72.